The van der Waals surface area contributed by atoms with Crippen molar-refractivity contribution in [3.05, 3.63) is 54.1 Å². The van der Waals surface area contributed by atoms with Crippen molar-refractivity contribution in [3.8, 4) is 5.75 Å². The van der Waals surface area contributed by atoms with Gasteiger partial charge in [0.1, 0.15) is 12.4 Å². The van der Waals surface area contributed by atoms with Crippen LogP contribution in [0.3, 0.4) is 0 Å². The van der Waals surface area contributed by atoms with Crippen molar-refractivity contribution in [3.63, 3.8) is 0 Å². The summed E-state index contributed by atoms with van der Waals surface area (Å²) in [6.07, 6.45) is 2.27. The van der Waals surface area contributed by atoms with Gasteiger partial charge in [0, 0.05) is 29.5 Å². The van der Waals surface area contributed by atoms with Crippen LogP contribution in [0, 0.1) is 5.92 Å². The second-order valence-corrected chi connectivity index (χ2v) is 7.15. The summed E-state index contributed by atoms with van der Waals surface area (Å²) in [5.74, 6) is 0.387. The molecule has 2 aromatic carbocycles. The molecule has 1 saturated heterocycles. The Hall–Kier alpha value is -2.86. The highest BCUT2D eigenvalue weighted by Gasteiger charge is 2.16. The van der Waals surface area contributed by atoms with E-state index in [1.807, 2.05) is 13.8 Å². The lowest BCUT2D eigenvalue weighted by atomic mass is 10.2. The van der Waals surface area contributed by atoms with Gasteiger partial charge in [-0.05, 0) is 61.4 Å². The number of hydrogen-bond donors (Lipinski definition) is 2. The summed E-state index contributed by atoms with van der Waals surface area (Å²) < 4.78 is 11.2. The minimum atomic E-state index is -0.204. The normalized spacial score (nSPS) is 16.0. The number of carbonyl (C=O) groups is 2. The summed E-state index contributed by atoms with van der Waals surface area (Å²) in [6.45, 7) is 5.01. The van der Waals surface area contributed by atoms with Crippen LogP contribution in [0.15, 0.2) is 48.5 Å². The van der Waals surface area contributed by atoms with Gasteiger partial charge < -0.3 is 20.1 Å². The molecule has 28 heavy (non-hydrogen) atoms. The van der Waals surface area contributed by atoms with Gasteiger partial charge in [0.05, 0.1) is 6.10 Å². The summed E-state index contributed by atoms with van der Waals surface area (Å²) in [5, 5.41) is 5.66. The van der Waals surface area contributed by atoms with Crippen molar-refractivity contribution in [2.75, 3.05) is 23.8 Å². The molecule has 0 aliphatic carbocycles. The van der Waals surface area contributed by atoms with Gasteiger partial charge in [-0.3, -0.25) is 9.59 Å². The fourth-order valence-corrected chi connectivity index (χ4v) is 2.79. The molecule has 0 saturated carbocycles. The van der Waals surface area contributed by atoms with Crippen molar-refractivity contribution in [2.45, 2.75) is 32.8 Å². The maximum atomic E-state index is 12.4. The molecule has 6 heteroatoms. The van der Waals surface area contributed by atoms with E-state index in [0.29, 0.717) is 23.5 Å². The quantitative estimate of drug-likeness (QED) is 0.756. The third kappa shape index (κ3) is 5.57. The molecule has 1 fully saturated rings. The topological polar surface area (TPSA) is 76.7 Å². The Morgan fingerprint density at radius 3 is 2.25 bits per heavy atom. The largest absolute Gasteiger partial charge is 0.491 e. The van der Waals surface area contributed by atoms with Gasteiger partial charge in [0.2, 0.25) is 5.91 Å². The Bertz CT molecular complexity index is 794. The van der Waals surface area contributed by atoms with E-state index in [1.54, 1.807) is 48.5 Å². The maximum Gasteiger partial charge on any atom is 0.255 e. The number of ether oxygens (including phenoxy) is 2. The van der Waals surface area contributed by atoms with Gasteiger partial charge in [-0.15, -0.1) is 0 Å². The van der Waals surface area contributed by atoms with Crippen molar-refractivity contribution >= 4 is 23.2 Å². The first kappa shape index (κ1) is 19.9. The Labute approximate surface area is 165 Å². The fourth-order valence-electron chi connectivity index (χ4n) is 2.79. The Morgan fingerprint density at radius 2 is 1.68 bits per heavy atom. The Kier molecular flexibility index (Phi) is 6.66. The predicted molar refractivity (Wildman–Crippen MR) is 109 cm³/mol. The van der Waals surface area contributed by atoms with Gasteiger partial charge in [-0.2, -0.15) is 0 Å². The number of carbonyl (C=O) groups excluding carboxylic acids is 2. The Morgan fingerprint density at radius 1 is 1.04 bits per heavy atom. The van der Waals surface area contributed by atoms with Gasteiger partial charge in [0.15, 0.2) is 0 Å². The average molecular weight is 382 g/mol. The van der Waals surface area contributed by atoms with E-state index in [1.165, 1.54) is 0 Å². The Balaban J connectivity index is 1.51. The molecule has 0 radical (unpaired) electrons. The predicted octanol–water partition coefficient (Wildman–Crippen LogP) is 4.09. The van der Waals surface area contributed by atoms with Gasteiger partial charge in [0.25, 0.3) is 5.91 Å². The van der Waals surface area contributed by atoms with Crippen LogP contribution >= 0.6 is 0 Å². The van der Waals surface area contributed by atoms with Gasteiger partial charge >= 0.3 is 0 Å². The van der Waals surface area contributed by atoms with Crippen LogP contribution in [0.4, 0.5) is 11.4 Å². The number of nitrogens with one attached hydrogen (secondary N) is 2. The molecule has 2 aromatic rings. The minimum absolute atomic E-state index is 0.0430. The lowest BCUT2D eigenvalue weighted by molar-refractivity contribution is -0.118. The van der Waals surface area contributed by atoms with Gasteiger partial charge in [-0.25, -0.2) is 0 Å². The SMILES string of the molecule is CC(C)C(=O)Nc1ccc(NC(=O)c2ccc(OC[C@@H]3CCCO3)cc2)cc1. The van der Waals surface area contributed by atoms with Crippen LogP contribution in [0.1, 0.15) is 37.0 Å². The number of amides is 2. The van der Waals surface area contributed by atoms with E-state index in [4.69, 9.17) is 9.47 Å². The highest BCUT2D eigenvalue weighted by molar-refractivity contribution is 6.04. The van der Waals surface area contributed by atoms with Crippen LogP contribution in [0.2, 0.25) is 0 Å². The molecule has 148 valence electrons. The molecule has 0 aromatic heterocycles. The molecular weight excluding hydrogens is 356 g/mol. The number of rotatable bonds is 7. The lowest BCUT2D eigenvalue weighted by Gasteiger charge is -2.12. The van der Waals surface area contributed by atoms with Crippen LogP contribution in [-0.2, 0) is 9.53 Å². The molecule has 1 heterocycles. The number of anilines is 2. The lowest BCUT2D eigenvalue weighted by Crippen LogP contribution is -2.17. The van der Waals surface area contributed by atoms with Crippen molar-refractivity contribution in [1.29, 1.82) is 0 Å². The van der Waals surface area contributed by atoms with E-state index >= 15 is 0 Å². The number of benzene rings is 2. The van der Waals surface area contributed by atoms with Crippen molar-refractivity contribution in [1.82, 2.24) is 0 Å². The summed E-state index contributed by atoms with van der Waals surface area (Å²) in [6, 6.07) is 14.1. The molecular formula is C22H26N2O4. The average Bonchev–Trinajstić information content (AvgIpc) is 3.22. The van der Waals surface area contributed by atoms with Crippen LogP contribution < -0.4 is 15.4 Å². The molecule has 1 aliphatic rings. The molecule has 0 spiro atoms. The molecule has 2 amide bonds. The zero-order chi connectivity index (χ0) is 19.9. The first-order valence-corrected chi connectivity index (χ1v) is 9.58. The maximum absolute atomic E-state index is 12.4. The highest BCUT2D eigenvalue weighted by atomic mass is 16.5. The second-order valence-electron chi connectivity index (χ2n) is 7.15. The van der Waals surface area contributed by atoms with E-state index in [9.17, 15) is 9.59 Å². The number of hydrogen-bond acceptors (Lipinski definition) is 4. The summed E-state index contributed by atoms with van der Waals surface area (Å²) in [7, 11) is 0. The van der Waals surface area contributed by atoms with Crippen molar-refractivity contribution < 1.29 is 19.1 Å². The summed E-state index contributed by atoms with van der Waals surface area (Å²) in [5.41, 5.74) is 1.90. The van der Waals surface area contributed by atoms with E-state index < -0.39 is 0 Å². The summed E-state index contributed by atoms with van der Waals surface area (Å²) >= 11 is 0. The van der Waals surface area contributed by atoms with E-state index in [0.717, 1.165) is 25.2 Å². The highest BCUT2D eigenvalue weighted by Crippen LogP contribution is 2.18. The molecule has 1 aliphatic heterocycles. The van der Waals surface area contributed by atoms with Crippen LogP contribution in [-0.4, -0.2) is 31.1 Å². The standard InChI is InChI=1S/C22H26N2O4/c1-15(2)21(25)23-17-7-9-18(10-8-17)24-22(26)16-5-11-19(12-6-16)28-14-20-4-3-13-27-20/h5-12,15,20H,3-4,13-14H2,1-2H3,(H,23,25)(H,24,26)/t20-/m0/s1. The fraction of sp³-hybridized carbons (Fsp3) is 0.364. The van der Waals surface area contributed by atoms with E-state index in [2.05, 4.69) is 10.6 Å². The van der Waals surface area contributed by atoms with Crippen LogP contribution in [0.25, 0.3) is 0 Å². The van der Waals surface area contributed by atoms with Gasteiger partial charge in [-0.1, -0.05) is 13.8 Å². The monoisotopic (exact) mass is 382 g/mol. The molecule has 2 N–H and O–H groups in total. The third-order valence-corrected chi connectivity index (χ3v) is 4.51. The second kappa shape index (κ2) is 9.37. The summed E-state index contributed by atoms with van der Waals surface area (Å²) in [4.78, 5) is 24.1. The first-order chi connectivity index (χ1) is 13.5. The van der Waals surface area contributed by atoms with E-state index in [-0.39, 0.29) is 23.8 Å². The smallest absolute Gasteiger partial charge is 0.255 e. The minimum Gasteiger partial charge on any atom is -0.491 e. The first-order valence-electron chi connectivity index (χ1n) is 9.58. The van der Waals surface area contributed by atoms with Crippen LogP contribution in [0.5, 0.6) is 5.75 Å². The zero-order valence-electron chi connectivity index (χ0n) is 16.2. The zero-order valence-corrected chi connectivity index (χ0v) is 16.2. The molecule has 0 unspecified atom stereocenters. The third-order valence-electron chi connectivity index (χ3n) is 4.51. The molecule has 6 nitrogen and oxygen atoms in total. The van der Waals surface area contributed by atoms with Crippen molar-refractivity contribution in [2.24, 2.45) is 5.92 Å². The molecule has 1 atom stereocenters. The molecule has 0 bridgehead atoms. The molecule has 3 rings (SSSR count).